The number of anilines is 1. The molecule has 0 saturated carbocycles. The fraction of sp³-hybridized carbons (Fsp3) is 0.222. The summed E-state index contributed by atoms with van der Waals surface area (Å²) in [5.74, 6) is -0.345. The van der Waals surface area contributed by atoms with Crippen LogP contribution >= 0.6 is 11.6 Å². The second-order valence-electron chi connectivity index (χ2n) is 6.23. The molecule has 1 heterocycles. The van der Waals surface area contributed by atoms with Crippen molar-refractivity contribution >= 4 is 39.2 Å². The molecular weight excluding hydrogens is 406 g/mol. The quantitative estimate of drug-likeness (QED) is 0.530. The van der Waals surface area contributed by atoms with Gasteiger partial charge in [-0.1, -0.05) is 23.7 Å². The Morgan fingerprint density at radius 3 is 2.61 bits per heavy atom. The number of halogens is 1. The SMILES string of the molecule is NS(=O)(=O)c1ccc(CCNC(=O)CN2CC(=O)Oc3ccc(Cl)cc32)cc1. The monoisotopic (exact) mass is 423 g/mol. The summed E-state index contributed by atoms with van der Waals surface area (Å²) in [6.07, 6.45) is 0.515. The van der Waals surface area contributed by atoms with E-state index in [2.05, 4.69) is 5.32 Å². The Morgan fingerprint density at radius 2 is 1.93 bits per heavy atom. The number of rotatable bonds is 6. The highest BCUT2D eigenvalue weighted by Crippen LogP contribution is 2.34. The van der Waals surface area contributed by atoms with Crippen molar-refractivity contribution in [2.75, 3.05) is 24.5 Å². The Balaban J connectivity index is 1.55. The Bertz CT molecular complexity index is 1010. The van der Waals surface area contributed by atoms with Crippen LogP contribution in [0, 0.1) is 0 Å². The Labute approximate surface area is 167 Å². The van der Waals surface area contributed by atoms with Crippen molar-refractivity contribution in [1.29, 1.82) is 0 Å². The zero-order valence-corrected chi connectivity index (χ0v) is 16.3. The molecule has 2 aromatic carbocycles. The average molecular weight is 424 g/mol. The van der Waals surface area contributed by atoms with Gasteiger partial charge in [0.2, 0.25) is 15.9 Å². The molecule has 0 unspecified atom stereocenters. The normalized spacial score (nSPS) is 13.6. The maximum Gasteiger partial charge on any atom is 0.331 e. The smallest absolute Gasteiger partial charge is 0.331 e. The number of amides is 1. The third-order valence-electron chi connectivity index (χ3n) is 4.13. The molecule has 3 N–H and O–H groups in total. The summed E-state index contributed by atoms with van der Waals surface area (Å²) in [4.78, 5) is 25.6. The first-order chi connectivity index (χ1) is 13.2. The number of ether oxygens (including phenoxy) is 1. The lowest BCUT2D eigenvalue weighted by atomic mass is 10.1. The van der Waals surface area contributed by atoms with Crippen LogP contribution in [0.25, 0.3) is 0 Å². The van der Waals surface area contributed by atoms with Gasteiger partial charge in [-0.15, -0.1) is 0 Å². The highest BCUT2D eigenvalue weighted by atomic mass is 35.5. The first-order valence-electron chi connectivity index (χ1n) is 8.36. The molecule has 1 aliphatic heterocycles. The number of hydrogen-bond acceptors (Lipinski definition) is 6. The van der Waals surface area contributed by atoms with Crippen LogP contribution in [0.1, 0.15) is 5.56 Å². The molecule has 0 atom stereocenters. The summed E-state index contributed by atoms with van der Waals surface area (Å²) in [5, 5.41) is 8.31. The molecule has 28 heavy (non-hydrogen) atoms. The van der Waals surface area contributed by atoms with E-state index in [4.69, 9.17) is 21.5 Å². The van der Waals surface area contributed by atoms with E-state index in [1.54, 1.807) is 35.2 Å². The number of fused-ring (bicyclic) bond motifs is 1. The highest BCUT2D eigenvalue weighted by Gasteiger charge is 2.25. The lowest BCUT2D eigenvalue weighted by Crippen LogP contribution is -2.43. The maximum atomic E-state index is 12.3. The van der Waals surface area contributed by atoms with Gasteiger partial charge in [-0.05, 0) is 42.3 Å². The Hall–Kier alpha value is -2.62. The van der Waals surface area contributed by atoms with Crippen LogP contribution in [0.5, 0.6) is 5.75 Å². The van der Waals surface area contributed by atoms with Crippen LogP contribution in [0.15, 0.2) is 47.4 Å². The summed E-state index contributed by atoms with van der Waals surface area (Å²) < 4.78 is 27.6. The molecule has 148 valence electrons. The van der Waals surface area contributed by atoms with E-state index in [9.17, 15) is 18.0 Å². The summed E-state index contributed by atoms with van der Waals surface area (Å²) >= 11 is 5.99. The molecule has 0 radical (unpaired) electrons. The fourth-order valence-electron chi connectivity index (χ4n) is 2.78. The van der Waals surface area contributed by atoms with Crippen molar-refractivity contribution in [3.8, 4) is 5.75 Å². The van der Waals surface area contributed by atoms with Gasteiger partial charge in [0, 0.05) is 11.6 Å². The first kappa shape index (κ1) is 20.1. The van der Waals surface area contributed by atoms with E-state index < -0.39 is 16.0 Å². The molecule has 10 heteroatoms. The van der Waals surface area contributed by atoms with Crippen LogP contribution in [-0.4, -0.2) is 39.9 Å². The second kappa shape index (κ2) is 8.17. The van der Waals surface area contributed by atoms with Crippen LogP contribution in [0.4, 0.5) is 5.69 Å². The number of sulfonamides is 1. The number of hydrogen-bond donors (Lipinski definition) is 2. The minimum Gasteiger partial charge on any atom is -0.423 e. The predicted octanol–water partition coefficient (Wildman–Crippen LogP) is 1.07. The second-order valence-corrected chi connectivity index (χ2v) is 8.23. The largest absolute Gasteiger partial charge is 0.423 e. The van der Waals surface area contributed by atoms with E-state index in [1.807, 2.05) is 0 Å². The number of nitrogens with two attached hydrogens (primary N) is 1. The first-order valence-corrected chi connectivity index (χ1v) is 10.3. The highest BCUT2D eigenvalue weighted by molar-refractivity contribution is 7.89. The molecule has 8 nitrogen and oxygen atoms in total. The van der Waals surface area contributed by atoms with Gasteiger partial charge < -0.3 is 15.0 Å². The topological polar surface area (TPSA) is 119 Å². The van der Waals surface area contributed by atoms with E-state index in [-0.39, 0.29) is 23.9 Å². The minimum atomic E-state index is -3.72. The van der Waals surface area contributed by atoms with Gasteiger partial charge in [-0.2, -0.15) is 0 Å². The summed E-state index contributed by atoms with van der Waals surface area (Å²) in [7, 11) is -3.72. The molecule has 1 aliphatic rings. The molecule has 0 fully saturated rings. The van der Waals surface area contributed by atoms with Crippen LogP contribution in [0.2, 0.25) is 5.02 Å². The van der Waals surface area contributed by atoms with Crippen LogP contribution in [0.3, 0.4) is 0 Å². The molecule has 2 aromatic rings. The summed E-state index contributed by atoms with van der Waals surface area (Å²) in [6.45, 7) is 0.289. The van der Waals surface area contributed by atoms with Crippen molar-refractivity contribution in [1.82, 2.24) is 5.32 Å². The lowest BCUT2D eigenvalue weighted by molar-refractivity contribution is -0.133. The predicted molar refractivity (Wildman–Crippen MR) is 104 cm³/mol. The van der Waals surface area contributed by atoms with E-state index in [1.165, 1.54) is 12.1 Å². The number of carbonyl (C=O) groups is 2. The van der Waals surface area contributed by atoms with Crippen molar-refractivity contribution in [2.24, 2.45) is 5.14 Å². The third kappa shape index (κ3) is 5.00. The molecular formula is C18H18ClN3O5S. The average Bonchev–Trinajstić information content (AvgIpc) is 2.62. The van der Waals surface area contributed by atoms with Gasteiger partial charge in [0.05, 0.1) is 17.1 Å². The molecule has 0 aromatic heterocycles. The van der Waals surface area contributed by atoms with E-state index in [0.717, 1.165) is 5.56 Å². The number of esters is 1. The molecule has 1 amide bonds. The van der Waals surface area contributed by atoms with Gasteiger partial charge in [-0.3, -0.25) is 4.79 Å². The summed E-state index contributed by atoms with van der Waals surface area (Å²) in [6, 6.07) is 11.0. The Kier molecular flexibility index (Phi) is 5.87. The van der Waals surface area contributed by atoms with Gasteiger partial charge in [0.15, 0.2) is 5.75 Å². The number of nitrogens with zero attached hydrogens (tertiary/aromatic N) is 1. The van der Waals surface area contributed by atoms with E-state index in [0.29, 0.717) is 29.4 Å². The maximum absolute atomic E-state index is 12.3. The van der Waals surface area contributed by atoms with Crippen molar-refractivity contribution < 1.29 is 22.7 Å². The number of carbonyl (C=O) groups excluding carboxylic acids is 2. The third-order valence-corrected chi connectivity index (χ3v) is 5.29. The Morgan fingerprint density at radius 1 is 1.21 bits per heavy atom. The number of primary sulfonamides is 1. The molecule has 0 bridgehead atoms. The minimum absolute atomic E-state index is 0.0210. The van der Waals surface area contributed by atoms with Crippen LogP contribution < -0.4 is 20.1 Å². The van der Waals surface area contributed by atoms with Gasteiger partial charge >= 0.3 is 5.97 Å². The van der Waals surface area contributed by atoms with Gasteiger partial charge in [0.1, 0.15) is 6.54 Å². The fourth-order valence-corrected chi connectivity index (χ4v) is 3.46. The molecule has 0 aliphatic carbocycles. The lowest BCUT2D eigenvalue weighted by Gasteiger charge is -2.29. The van der Waals surface area contributed by atoms with Gasteiger partial charge in [-0.25, -0.2) is 18.4 Å². The van der Waals surface area contributed by atoms with Crippen molar-refractivity contribution in [3.05, 3.63) is 53.1 Å². The molecule has 0 spiro atoms. The zero-order chi connectivity index (χ0) is 20.3. The molecule has 3 rings (SSSR count). The van der Waals surface area contributed by atoms with Crippen molar-refractivity contribution in [2.45, 2.75) is 11.3 Å². The molecule has 0 saturated heterocycles. The van der Waals surface area contributed by atoms with E-state index >= 15 is 0 Å². The number of nitrogens with one attached hydrogen (secondary N) is 1. The van der Waals surface area contributed by atoms with Crippen molar-refractivity contribution in [3.63, 3.8) is 0 Å². The number of benzene rings is 2. The van der Waals surface area contributed by atoms with Crippen LogP contribution in [-0.2, 0) is 26.0 Å². The standard InChI is InChI=1S/C18H18ClN3O5S/c19-13-3-6-16-15(9-13)22(11-18(24)27-16)10-17(23)21-8-7-12-1-4-14(5-2-12)28(20,25)26/h1-6,9H,7-8,10-11H2,(H,21,23)(H2,20,25,26). The zero-order valence-electron chi connectivity index (χ0n) is 14.7. The van der Waals surface area contributed by atoms with Gasteiger partial charge in [0.25, 0.3) is 0 Å². The summed E-state index contributed by atoms with van der Waals surface area (Å²) in [5.41, 5.74) is 1.44.